The van der Waals surface area contributed by atoms with Gasteiger partial charge in [-0.3, -0.25) is 0 Å². The first-order chi connectivity index (χ1) is 13.0. The minimum Gasteiger partial charge on any atom is -0.493 e. The van der Waals surface area contributed by atoms with Crippen molar-refractivity contribution in [2.24, 2.45) is 0 Å². The maximum atomic E-state index is 6.40. The molecule has 2 aromatic rings. The van der Waals surface area contributed by atoms with E-state index in [4.69, 9.17) is 26.4 Å². The summed E-state index contributed by atoms with van der Waals surface area (Å²) in [4.78, 5) is 2.16. The van der Waals surface area contributed by atoms with Gasteiger partial charge in [-0.2, -0.15) is 0 Å². The molecule has 2 aliphatic rings. The Morgan fingerprint density at radius 1 is 1.19 bits per heavy atom. The predicted octanol–water partition coefficient (Wildman–Crippen LogP) is 3.68. The minimum absolute atomic E-state index is 0.199. The van der Waals surface area contributed by atoms with Crippen LogP contribution in [0.3, 0.4) is 0 Å². The van der Waals surface area contributed by atoms with Gasteiger partial charge in [0.05, 0.1) is 20.3 Å². The number of benzene rings is 2. The van der Waals surface area contributed by atoms with E-state index in [2.05, 4.69) is 29.3 Å². The van der Waals surface area contributed by atoms with Crippen molar-refractivity contribution < 1.29 is 14.2 Å². The third-order valence-electron chi connectivity index (χ3n) is 5.39. The summed E-state index contributed by atoms with van der Waals surface area (Å²) in [5.41, 5.74) is 1.90. The van der Waals surface area contributed by atoms with Crippen molar-refractivity contribution in [2.45, 2.75) is 31.5 Å². The Kier molecular flexibility index (Phi) is 4.60. The number of nitrogens with zero attached hydrogens (tertiary/aromatic N) is 1. The summed E-state index contributed by atoms with van der Waals surface area (Å²) in [6.45, 7) is 2.88. The minimum atomic E-state index is -0.447. The SMILES string of the molecule is COc1ccc(CCN2C(=S)N[C@H]3C[C@@]2(C)Oc2ccccc23)cc1OC. The molecule has 2 aliphatic heterocycles. The zero-order valence-electron chi connectivity index (χ0n) is 15.8. The van der Waals surface area contributed by atoms with Crippen molar-refractivity contribution in [1.82, 2.24) is 10.2 Å². The van der Waals surface area contributed by atoms with E-state index in [1.165, 1.54) is 5.56 Å². The van der Waals surface area contributed by atoms with E-state index in [0.717, 1.165) is 47.3 Å². The van der Waals surface area contributed by atoms with Gasteiger partial charge in [-0.1, -0.05) is 24.3 Å². The van der Waals surface area contributed by atoms with Crippen molar-refractivity contribution in [3.63, 3.8) is 0 Å². The van der Waals surface area contributed by atoms with Crippen LogP contribution in [0.5, 0.6) is 17.2 Å². The van der Waals surface area contributed by atoms with Gasteiger partial charge in [0.1, 0.15) is 5.75 Å². The van der Waals surface area contributed by atoms with Crippen LogP contribution in [0.4, 0.5) is 0 Å². The molecule has 0 radical (unpaired) electrons. The van der Waals surface area contributed by atoms with Gasteiger partial charge in [-0.15, -0.1) is 0 Å². The van der Waals surface area contributed by atoms with E-state index in [0.29, 0.717) is 0 Å². The molecule has 2 bridgehead atoms. The smallest absolute Gasteiger partial charge is 0.184 e. The number of para-hydroxylation sites is 1. The number of thiocarbonyl (C=S) groups is 1. The van der Waals surface area contributed by atoms with Crippen LogP contribution >= 0.6 is 12.2 Å². The van der Waals surface area contributed by atoms with Crippen LogP contribution in [0.25, 0.3) is 0 Å². The molecule has 6 heteroatoms. The van der Waals surface area contributed by atoms with Crippen molar-refractivity contribution in [1.29, 1.82) is 0 Å². The number of fused-ring (bicyclic) bond motifs is 4. The first-order valence-corrected chi connectivity index (χ1v) is 9.52. The van der Waals surface area contributed by atoms with Gasteiger partial charge in [0.25, 0.3) is 0 Å². The van der Waals surface area contributed by atoms with E-state index in [1.54, 1.807) is 14.2 Å². The van der Waals surface area contributed by atoms with E-state index < -0.39 is 5.72 Å². The summed E-state index contributed by atoms with van der Waals surface area (Å²) >= 11 is 5.68. The molecule has 1 fully saturated rings. The van der Waals surface area contributed by atoms with Crippen molar-refractivity contribution >= 4 is 17.3 Å². The second-order valence-corrected chi connectivity index (χ2v) is 7.50. The molecule has 0 amide bonds. The maximum Gasteiger partial charge on any atom is 0.184 e. The molecule has 0 aromatic heterocycles. The van der Waals surface area contributed by atoms with Gasteiger partial charge in [-0.25, -0.2) is 0 Å². The molecule has 142 valence electrons. The van der Waals surface area contributed by atoms with Crippen LogP contribution in [-0.2, 0) is 6.42 Å². The molecule has 1 N–H and O–H groups in total. The standard InChI is InChI=1S/C21H24N2O3S/c1-21-13-16(15-6-4-5-7-17(15)26-21)22-20(27)23(21)11-10-14-8-9-18(24-2)19(12-14)25-3/h4-9,12,16H,10-11,13H2,1-3H3,(H,22,27)/t16-,21+/m0/s1. The normalized spacial score (nSPS) is 23.1. The molecule has 0 saturated carbocycles. The molecule has 2 atom stereocenters. The Bertz CT molecular complexity index is 872. The fourth-order valence-corrected chi connectivity index (χ4v) is 4.41. The van der Waals surface area contributed by atoms with Crippen LogP contribution in [-0.4, -0.2) is 36.5 Å². The highest BCUT2D eigenvalue weighted by Gasteiger charge is 2.47. The molecule has 4 rings (SSSR count). The summed E-state index contributed by atoms with van der Waals surface area (Å²) in [6.07, 6.45) is 1.68. The average molecular weight is 385 g/mol. The largest absolute Gasteiger partial charge is 0.493 e. The lowest BCUT2D eigenvalue weighted by molar-refractivity contribution is -0.0676. The Labute approximate surface area is 165 Å². The van der Waals surface area contributed by atoms with Gasteiger partial charge in [0.15, 0.2) is 22.3 Å². The lowest BCUT2D eigenvalue weighted by atomic mass is 9.90. The van der Waals surface area contributed by atoms with E-state index in [1.807, 2.05) is 30.3 Å². The summed E-state index contributed by atoms with van der Waals surface area (Å²) in [5.74, 6) is 2.41. The van der Waals surface area contributed by atoms with Crippen LogP contribution in [0.2, 0.25) is 0 Å². The topological polar surface area (TPSA) is 43.0 Å². The number of ether oxygens (including phenoxy) is 3. The quantitative estimate of drug-likeness (QED) is 0.794. The van der Waals surface area contributed by atoms with E-state index in [9.17, 15) is 0 Å². The fourth-order valence-electron chi connectivity index (χ4n) is 3.98. The molecule has 0 aliphatic carbocycles. The number of nitrogens with one attached hydrogen (secondary N) is 1. The summed E-state index contributed by atoms with van der Waals surface area (Å²) in [6, 6.07) is 14.4. The van der Waals surface area contributed by atoms with Crippen LogP contribution in [0, 0.1) is 0 Å². The van der Waals surface area contributed by atoms with Crippen molar-refractivity contribution in [3.8, 4) is 17.2 Å². The van der Waals surface area contributed by atoms with Gasteiger partial charge in [-0.05, 0) is 49.3 Å². The molecule has 1 saturated heterocycles. The Morgan fingerprint density at radius 3 is 2.74 bits per heavy atom. The van der Waals surface area contributed by atoms with E-state index >= 15 is 0 Å². The summed E-state index contributed by atoms with van der Waals surface area (Å²) in [5, 5.41) is 4.23. The second kappa shape index (κ2) is 6.93. The Hall–Kier alpha value is -2.47. The molecular formula is C21H24N2O3S. The van der Waals surface area contributed by atoms with Crippen LogP contribution < -0.4 is 19.5 Å². The molecule has 27 heavy (non-hydrogen) atoms. The summed E-state index contributed by atoms with van der Waals surface area (Å²) < 4.78 is 17.1. The first kappa shape index (κ1) is 17.9. The van der Waals surface area contributed by atoms with Gasteiger partial charge in [0.2, 0.25) is 0 Å². The zero-order chi connectivity index (χ0) is 19.0. The molecule has 0 unspecified atom stereocenters. The molecule has 5 nitrogen and oxygen atoms in total. The zero-order valence-corrected chi connectivity index (χ0v) is 16.6. The molecule has 0 spiro atoms. The maximum absolute atomic E-state index is 6.40. The molecule has 2 aromatic carbocycles. The van der Waals surface area contributed by atoms with Crippen LogP contribution in [0.15, 0.2) is 42.5 Å². The molecular weight excluding hydrogens is 360 g/mol. The average Bonchev–Trinajstić information content (AvgIpc) is 2.67. The highest BCUT2D eigenvalue weighted by Crippen LogP contribution is 2.43. The lowest BCUT2D eigenvalue weighted by Crippen LogP contribution is -2.64. The summed E-state index contributed by atoms with van der Waals surface area (Å²) in [7, 11) is 3.30. The van der Waals surface area contributed by atoms with Crippen molar-refractivity contribution in [3.05, 3.63) is 53.6 Å². The number of hydrogen-bond acceptors (Lipinski definition) is 4. The third-order valence-corrected chi connectivity index (χ3v) is 5.73. The molecule has 2 heterocycles. The van der Waals surface area contributed by atoms with Gasteiger partial charge in [0, 0.05) is 18.5 Å². The van der Waals surface area contributed by atoms with E-state index in [-0.39, 0.29) is 6.04 Å². The highest BCUT2D eigenvalue weighted by molar-refractivity contribution is 7.80. The van der Waals surface area contributed by atoms with Gasteiger partial charge < -0.3 is 24.4 Å². The number of hydrogen-bond donors (Lipinski definition) is 1. The number of methoxy groups -OCH3 is 2. The fraction of sp³-hybridized carbons (Fsp3) is 0.381. The Morgan fingerprint density at radius 2 is 1.96 bits per heavy atom. The first-order valence-electron chi connectivity index (χ1n) is 9.11. The van der Waals surface area contributed by atoms with Crippen LogP contribution in [0.1, 0.15) is 30.5 Å². The predicted molar refractivity (Wildman–Crippen MR) is 109 cm³/mol. The van der Waals surface area contributed by atoms with Crippen molar-refractivity contribution in [2.75, 3.05) is 20.8 Å². The second-order valence-electron chi connectivity index (χ2n) is 7.11. The monoisotopic (exact) mass is 384 g/mol. The lowest BCUT2D eigenvalue weighted by Gasteiger charge is -2.52. The van der Waals surface area contributed by atoms with Gasteiger partial charge >= 0.3 is 0 Å². The number of rotatable bonds is 5. The highest BCUT2D eigenvalue weighted by atomic mass is 32.1. The third kappa shape index (κ3) is 3.18. The Balaban J connectivity index is 1.54.